The summed E-state index contributed by atoms with van der Waals surface area (Å²) < 4.78 is 24.5. The number of hydrogen-bond donors (Lipinski definition) is 0. The number of halogens is 1. The SMILES string of the molecule is CS(=O)(=O)N(CCCl)C1CCCCC1. The monoisotopic (exact) mass is 239 g/mol. The molecule has 5 heteroatoms. The van der Waals surface area contributed by atoms with Crippen molar-refractivity contribution < 1.29 is 8.42 Å². The Kier molecular flexibility index (Phi) is 4.67. The Labute approximate surface area is 91.5 Å². The second-order valence-corrected chi connectivity index (χ2v) is 6.17. The van der Waals surface area contributed by atoms with Crippen molar-refractivity contribution >= 4 is 21.6 Å². The fraction of sp³-hybridized carbons (Fsp3) is 1.00. The van der Waals surface area contributed by atoms with E-state index in [9.17, 15) is 8.42 Å². The van der Waals surface area contributed by atoms with Crippen LogP contribution < -0.4 is 0 Å². The highest BCUT2D eigenvalue weighted by Crippen LogP contribution is 2.24. The van der Waals surface area contributed by atoms with Gasteiger partial charge in [-0.2, -0.15) is 4.31 Å². The van der Waals surface area contributed by atoms with E-state index in [2.05, 4.69) is 0 Å². The highest BCUT2D eigenvalue weighted by Gasteiger charge is 2.27. The second kappa shape index (κ2) is 5.33. The topological polar surface area (TPSA) is 37.4 Å². The lowest BCUT2D eigenvalue weighted by Crippen LogP contribution is -2.41. The lowest BCUT2D eigenvalue weighted by atomic mass is 9.95. The molecule has 0 atom stereocenters. The van der Waals surface area contributed by atoms with Gasteiger partial charge in [-0.15, -0.1) is 11.6 Å². The van der Waals surface area contributed by atoms with Gasteiger partial charge in [0, 0.05) is 18.5 Å². The molecule has 0 N–H and O–H groups in total. The van der Waals surface area contributed by atoms with Gasteiger partial charge in [0.05, 0.1) is 6.26 Å². The molecule has 0 radical (unpaired) electrons. The van der Waals surface area contributed by atoms with Crippen LogP contribution in [0.25, 0.3) is 0 Å². The normalized spacial score (nSPS) is 20.2. The van der Waals surface area contributed by atoms with E-state index in [1.165, 1.54) is 12.7 Å². The van der Waals surface area contributed by atoms with Crippen molar-refractivity contribution in [2.24, 2.45) is 0 Å². The maximum absolute atomic E-state index is 11.5. The maximum Gasteiger partial charge on any atom is 0.211 e. The molecule has 1 fully saturated rings. The molecule has 0 aliphatic heterocycles. The highest BCUT2D eigenvalue weighted by atomic mass is 35.5. The Morgan fingerprint density at radius 2 is 1.86 bits per heavy atom. The van der Waals surface area contributed by atoms with Gasteiger partial charge < -0.3 is 0 Å². The third-order valence-corrected chi connectivity index (χ3v) is 4.21. The molecule has 14 heavy (non-hydrogen) atoms. The number of sulfonamides is 1. The summed E-state index contributed by atoms with van der Waals surface area (Å²) in [5.74, 6) is 0.379. The Hall–Kier alpha value is 0.200. The Morgan fingerprint density at radius 1 is 1.29 bits per heavy atom. The molecule has 3 nitrogen and oxygen atoms in total. The van der Waals surface area contributed by atoms with Gasteiger partial charge in [-0.1, -0.05) is 19.3 Å². The van der Waals surface area contributed by atoms with E-state index >= 15 is 0 Å². The summed E-state index contributed by atoms with van der Waals surface area (Å²) in [7, 11) is -3.08. The standard InChI is InChI=1S/C9H18ClNO2S/c1-14(12,13)11(8-7-10)9-5-3-2-4-6-9/h9H,2-8H2,1H3. The van der Waals surface area contributed by atoms with E-state index < -0.39 is 10.0 Å². The molecule has 1 saturated carbocycles. The van der Waals surface area contributed by atoms with Gasteiger partial charge in [0.1, 0.15) is 0 Å². The smallest absolute Gasteiger partial charge is 0.211 e. The summed E-state index contributed by atoms with van der Waals surface area (Å²) >= 11 is 5.62. The molecule has 0 aromatic heterocycles. The van der Waals surface area contributed by atoms with E-state index in [1.54, 1.807) is 4.31 Å². The van der Waals surface area contributed by atoms with Crippen LogP contribution in [0.4, 0.5) is 0 Å². The molecule has 0 bridgehead atoms. The molecule has 0 heterocycles. The zero-order valence-corrected chi connectivity index (χ0v) is 10.1. The highest BCUT2D eigenvalue weighted by molar-refractivity contribution is 7.88. The minimum atomic E-state index is -3.08. The number of nitrogens with zero attached hydrogens (tertiary/aromatic N) is 1. The first-order chi connectivity index (χ1) is 6.55. The van der Waals surface area contributed by atoms with Crippen LogP contribution in [0.3, 0.4) is 0 Å². The summed E-state index contributed by atoms with van der Waals surface area (Å²) in [5.41, 5.74) is 0. The average molecular weight is 240 g/mol. The third-order valence-electron chi connectivity index (χ3n) is 2.71. The first kappa shape index (κ1) is 12.3. The van der Waals surface area contributed by atoms with E-state index in [0.717, 1.165) is 25.7 Å². The van der Waals surface area contributed by atoms with E-state index in [0.29, 0.717) is 12.4 Å². The molecule has 0 aromatic rings. The van der Waals surface area contributed by atoms with Crippen LogP contribution in [-0.2, 0) is 10.0 Å². The van der Waals surface area contributed by atoms with Crippen LogP contribution in [0.2, 0.25) is 0 Å². The number of hydrogen-bond acceptors (Lipinski definition) is 2. The lowest BCUT2D eigenvalue weighted by Gasteiger charge is -2.31. The average Bonchev–Trinajstić information content (AvgIpc) is 2.14. The minimum Gasteiger partial charge on any atom is -0.212 e. The molecular weight excluding hydrogens is 222 g/mol. The molecule has 1 aliphatic rings. The molecular formula is C9H18ClNO2S. The molecule has 0 aromatic carbocycles. The van der Waals surface area contributed by atoms with E-state index in [-0.39, 0.29) is 6.04 Å². The van der Waals surface area contributed by atoms with Crippen molar-refractivity contribution in [3.63, 3.8) is 0 Å². The summed E-state index contributed by atoms with van der Waals surface area (Å²) in [5, 5.41) is 0. The van der Waals surface area contributed by atoms with E-state index in [1.807, 2.05) is 0 Å². The second-order valence-electron chi connectivity index (χ2n) is 3.85. The molecule has 0 unspecified atom stereocenters. The molecule has 0 saturated heterocycles. The zero-order valence-electron chi connectivity index (χ0n) is 8.58. The fourth-order valence-corrected chi connectivity index (χ4v) is 3.53. The summed E-state index contributed by atoms with van der Waals surface area (Å²) in [6, 6.07) is 0.192. The maximum atomic E-state index is 11.5. The Morgan fingerprint density at radius 3 is 2.29 bits per heavy atom. The fourth-order valence-electron chi connectivity index (χ4n) is 2.07. The van der Waals surface area contributed by atoms with Crippen molar-refractivity contribution in [3.8, 4) is 0 Å². The summed E-state index contributed by atoms with van der Waals surface area (Å²) in [4.78, 5) is 0. The van der Waals surface area contributed by atoms with Gasteiger partial charge in [0.2, 0.25) is 10.0 Å². The molecule has 0 spiro atoms. The van der Waals surface area contributed by atoms with Crippen molar-refractivity contribution in [1.82, 2.24) is 4.31 Å². The van der Waals surface area contributed by atoms with Crippen LogP contribution >= 0.6 is 11.6 Å². The first-order valence-electron chi connectivity index (χ1n) is 5.08. The molecule has 1 rings (SSSR count). The minimum absolute atomic E-state index is 0.192. The molecule has 84 valence electrons. The van der Waals surface area contributed by atoms with Gasteiger partial charge >= 0.3 is 0 Å². The Balaban J connectivity index is 2.66. The summed E-state index contributed by atoms with van der Waals surface area (Å²) in [6.07, 6.45) is 6.76. The summed E-state index contributed by atoms with van der Waals surface area (Å²) in [6.45, 7) is 0.449. The predicted octanol–water partition coefficient (Wildman–Crippen LogP) is 1.82. The van der Waals surface area contributed by atoms with Crippen LogP contribution in [0.5, 0.6) is 0 Å². The van der Waals surface area contributed by atoms with Gasteiger partial charge in [-0.3, -0.25) is 0 Å². The lowest BCUT2D eigenvalue weighted by molar-refractivity contribution is 0.263. The Bertz CT molecular complexity index is 260. The molecule has 1 aliphatic carbocycles. The van der Waals surface area contributed by atoms with Crippen molar-refractivity contribution in [2.45, 2.75) is 38.1 Å². The third kappa shape index (κ3) is 3.41. The van der Waals surface area contributed by atoms with Crippen molar-refractivity contribution in [1.29, 1.82) is 0 Å². The zero-order chi connectivity index (χ0) is 10.6. The van der Waals surface area contributed by atoms with Crippen molar-refractivity contribution in [2.75, 3.05) is 18.7 Å². The van der Waals surface area contributed by atoms with Gasteiger partial charge in [0.15, 0.2) is 0 Å². The van der Waals surface area contributed by atoms with Gasteiger partial charge in [-0.25, -0.2) is 8.42 Å². The largest absolute Gasteiger partial charge is 0.212 e. The van der Waals surface area contributed by atoms with Crippen LogP contribution in [0.15, 0.2) is 0 Å². The van der Waals surface area contributed by atoms with Crippen LogP contribution in [0.1, 0.15) is 32.1 Å². The number of alkyl halides is 1. The first-order valence-corrected chi connectivity index (χ1v) is 7.47. The van der Waals surface area contributed by atoms with Crippen LogP contribution in [0, 0.1) is 0 Å². The van der Waals surface area contributed by atoms with Gasteiger partial charge in [-0.05, 0) is 12.8 Å². The quantitative estimate of drug-likeness (QED) is 0.702. The predicted molar refractivity (Wildman–Crippen MR) is 59.1 cm³/mol. The van der Waals surface area contributed by atoms with E-state index in [4.69, 9.17) is 11.6 Å². The van der Waals surface area contributed by atoms with Crippen LogP contribution in [-0.4, -0.2) is 37.4 Å². The number of rotatable bonds is 4. The molecule has 0 amide bonds. The van der Waals surface area contributed by atoms with Crippen molar-refractivity contribution in [3.05, 3.63) is 0 Å². The van der Waals surface area contributed by atoms with Gasteiger partial charge in [0.25, 0.3) is 0 Å².